The van der Waals surface area contributed by atoms with E-state index in [2.05, 4.69) is 16.5 Å². The molecule has 0 spiro atoms. The number of hydrogen-bond acceptors (Lipinski definition) is 4. The number of carbonyl (C=O) groups excluding carboxylic acids is 1. The number of unbranched alkanes of at least 4 members (excludes halogenated alkanes) is 1. The number of benzene rings is 1. The Balaban J connectivity index is 2.25. The molecule has 1 atom stereocenters. The number of carbonyl (C=O) groups is 1. The zero-order chi connectivity index (χ0) is 18.2. The van der Waals surface area contributed by atoms with Crippen molar-refractivity contribution in [3.8, 4) is 0 Å². The number of ether oxygens (including phenoxy) is 1. The molecule has 0 amide bonds. The molecule has 0 bridgehead atoms. The Labute approximate surface area is 154 Å². The van der Waals surface area contributed by atoms with E-state index in [9.17, 15) is 4.79 Å². The molecular formula is C19H26ClN3O2. The first-order chi connectivity index (χ1) is 12.1. The summed E-state index contributed by atoms with van der Waals surface area (Å²) >= 11 is 6.32. The number of nitrogens with two attached hydrogens (primary N) is 1. The van der Waals surface area contributed by atoms with E-state index in [0.717, 1.165) is 41.4 Å². The van der Waals surface area contributed by atoms with Gasteiger partial charge in [0.2, 0.25) is 0 Å². The van der Waals surface area contributed by atoms with Crippen LogP contribution in [0, 0.1) is 0 Å². The van der Waals surface area contributed by atoms with Crippen molar-refractivity contribution in [2.24, 2.45) is 5.73 Å². The van der Waals surface area contributed by atoms with Gasteiger partial charge in [0, 0.05) is 29.8 Å². The molecule has 1 heterocycles. The second kappa shape index (κ2) is 9.59. The maximum Gasteiger partial charge on any atom is 0.323 e. The lowest BCUT2D eigenvalue weighted by molar-refractivity contribution is -0.144. The van der Waals surface area contributed by atoms with Gasteiger partial charge in [-0.2, -0.15) is 0 Å². The van der Waals surface area contributed by atoms with Gasteiger partial charge in [0.15, 0.2) is 0 Å². The molecule has 0 aliphatic carbocycles. The molecular weight excluding hydrogens is 338 g/mol. The van der Waals surface area contributed by atoms with E-state index in [-0.39, 0.29) is 5.97 Å². The third-order valence-corrected chi connectivity index (χ3v) is 4.45. The monoisotopic (exact) mass is 363 g/mol. The number of esters is 1. The average molecular weight is 364 g/mol. The summed E-state index contributed by atoms with van der Waals surface area (Å²) in [5.41, 5.74) is 7.94. The van der Waals surface area contributed by atoms with Crippen LogP contribution in [0.15, 0.2) is 30.5 Å². The zero-order valence-corrected chi connectivity index (χ0v) is 15.6. The van der Waals surface area contributed by atoms with Crippen LogP contribution in [0.3, 0.4) is 0 Å². The maximum atomic E-state index is 11.9. The molecule has 2 rings (SSSR count). The minimum atomic E-state index is -0.694. The van der Waals surface area contributed by atoms with Gasteiger partial charge in [-0.15, -0.1) is 0 Å². The standard InChI is InChI=1S/C19H26ClN3O2/c1-3-5-10-18-22-12-15(11-17(21)19(24)25-4-2)23(18)13-14-8-6-7-9-16(14)20/h6-9,12,17H,3-5,10-11,13,21H2,1-2H3/t17-/m0/s1. The number of nitrogens with zero attached hydrogens (tertiary/aromatic N) is 2. The van der Waals surface area contributed by atoms with Gasteiger partial charge >= 0.3 is 5.97 Å². The largest absolute Gasteiger partial charge is 0.465 e. The highest BCUT2D eigenvalue weighted by Gasteiger charge is 2.19. The third-order valence-electron chi connectivity index (χ3n) is 4.08. The third kappa shape index (κ3) is 5.31. The smallest absolute Gasteiger partial charge is 0.323 e. The summed E-state index contributed by atoms with van der Waals surface area (Å²) < 4.78 is 7.13. The van der Waals surface area contributed by atoms with Crippen molar-refractivity contribution >= 4 is 17.6 Å². The Morgan fingerprint density at radius 3 is 2.80 bits per heavy atom. The Morgan fingerprint density at radius 1 is 1.36 bits per heavy atom. The molecule has 5 nitrogen and oxygen atoms in total. The summed E-state index contributed by atoms with van der Waals surface area (Å²) in [6, 6.07) is 7.06. The predicted octanol–water partition coefficient (Wildman–Crippen LogP) is 3.36. The molecule has 0 aliphatic heterocycles. The highest BCUT2D eigenvalue weighted by molar-refractivity contribution is 6.31. The number of aromatic nitrogens is 2. The first-order valence-corrected chi connectivity index (χ1v) is 9.13. The molecule has 1 aromatic heterocycles. The van der Waals surface area contributed by atoms with Crippen LogP contribution in [0.25, 0.3) is 0 Å². The zero-order valence-electron chi connectivity index (χ0n) is 14.9. The van der Waals surface area contributed by atoms with Crippen LogP contribution in [0.2, 0.25) is 5.02 Å². The molecule has 2 N–H and O–H groups in total. The normalized spacial score (nSPS) is 12.2. The van der Waals surface area contributed by atoms with Gasteiger partial charge in [-0.1, -0.05) is 43.1 Å². The van der Waals surface area contributed by atoms with Crippen LogP contribution in [0.1, 0.15) is 43.8 Å². The van der Waals surface area contributed by atoms with E-state index in [1.165, 1.54) is 0 Å². The van der Waals surface area contributed by atoms with E-state index in [1.807, 2.05) is 24.3 Å². The second-order valence-corrected chi connectivity index (χ2v) is 6.42. The average Bonchev–Trinajstić information content (AvgIpc) is 2.97. The fourth-order valence-corrected chi connectivity index (χ4v) is 2.89. The molecule has 0 fully saturated rings. The second-order valence-electron chi connectivity index (χ2n) is 6.01. The van der Waals surface area contributed by atoms with E-state index in [1.54, 1.807) is 13.1 Å². The van der Waals surface area contributed by atoms with E-state index in [4.69, 9.17) is 22.1 Å². The summed E-state index contributed by atoms with van der Waals surface area (Å²) in [6.45, 7) is 4.87. The van der Waals surface area contributed by atoms with Gasteiger partial charge in [0.05, 0.1) is 13.2 Å². The Morgan fingerprint density at radius 2 is 2.12 bits per heavy atom. The lowest BCUT2D eigenvalue weighted by atomic mass is 10.1. The van der Waals surface area contributed by atoms with Crippen molar-refractivity contribution in [1.82, 2.24) is 9.55 Å². The number of hydrogen-bond donors (Lipinski definition) is 1. The Hall–Kier alpha value is -1.85. The highest BCUT2D eigenvalue weighted by atomic mass is 35.5. The molecule has 0 saturated carbocycles. The molecule has 0 saturated heterocycles. The highest BCUT2D eigenvalue weighted by Crippen LogP contribution is 2.20. The van der Waals surface area contributed by atoms with Gasteiger partial charge in [0.1, 0.15) is 11.9 Å². The fourth-order valence-electron chi connectivity index (χ4n) is 2.70. The Bertz CT molecular complexity index is 700. The van der Waals surface area contributed by atoms with E-state index in [0.29, 0.717) is 19.6 Å². The molecule has 1 aromatic carbocycles. The number of imidazole rings is 1. The summed E-state index contributed by atoms with van der Waals surface area (Å²) in [4.78, 5) is 16.4. The van der Waals surface area contributed by atoms with Crippen molar-refractivity contribution in [3.05, 3.63) is 52.6 Å². The van der Waals surface area contributed by atoms with Crippen molar-refractivity contribution in [2.75, 3.05) is 6.61 Å². The SMILES string of the molecule is CCCCc1ncc(C[C@H](N)C(=O)OCC)n1Cc1ccccc1Cl. The number of aryl methyl sites for hydroxylation is 1. The van der Waals surface area contributed by atoms with E-state index >= 15 is 0 Å². The van der Waals surface area contributed by atoms with E-state index < -0.39 is 6.04 Å². The van der Waals surface area contributed by atoms with Crippen LogP contribution in [0.5, 0.6) is 0 Å². The quantitative estimate of drug-likeness (QED) is 0.693. The molecule has 6 heteroatoms. The lowest BCUT2D eigenvalue weighted by Crippen LogP contribution is -2.35. The number of rotatable bonds is 9. The van der Waals surface area contributed by atoms with Gasteiger partial charge < -0.3 is 15.0 Å². The van der Waals surface area contributed by atoms with Crippen molar-refractivity contribution in [2.45, 2.75) is 52.1 Å². The van der Waals surface area contributed by atoms with Crippen molar-refractivity contribution < 1.29 is 9.53 Å². The molecule has 0 unspecified atom stereocenters. The molecule has 25 heavy (non-hydrogen) atoms. The van der Waals surface area contributed by atoms with Crippen molar-refractivity contribution in [3.63, 3.8) is 0 Å². The van der Waals surface area contributed by atoms with Crippen LogP contribution < -0.4 is 5.73 Å². The molecule has 0 aliphatic rings. The maximum absolute atomic E-state index is 11.9. The van der Waals surface area contributed by atoms with Crippen LogP contribution in [0.4, 0.5) is 0 Å². The van der Waals surface area contributed by atoms with Crippen LogP contribution in [-0.2, 0) is 28.9 Å². The minimum Gasteiger partial charge on any atom is -0.465 e. The minimum absolute atomic E-state index is 0.327. The summed E-state index contributed by atoms with van der Waals surface area (Å²) in [6.07, 6.45) is 5.23. The van der Waals surface area contributed by atoms with Crippen LogP contribution >= 0.6 is 11.6 Å². The molecule has 2 aromatic rings. The first-order valence-electron chi connectivity index (χ1n) is 8.75. The van der Waals surface area contributed by atoms with Gasteiger partial charge in [-0.25, -0.2) is 4.98 Å². The summed E-state index contributed by atoms with van der Waals surface area (Å²) in [5.74, 6) is 0.607. The van der Waals surface area contributed by atoms with Crippen molar-refractivity contribution in [1.29, 1.82) is 0 Å². The Kier molecular flexibility index (Phi) is 7.47. The summed E-state index contributed by atoms with van der Waals surface area (Å²) in [5, 5.41) is 0.721. The first kappa shape index (κ1) is 19.5. The molecule has 0 radical (unpaired) electrons. The molecule has 136 valence electrons. The summed E-state index contributed by atoms with van der Waals surface area (Å²) in [7, 11) is 0. The number of halogens is 1. The predicted molar refractivity (Wildman–Crippen MR) is 99.7 cm³/mol. The fraction of sp³-hybridized carbons (Fsp3) is 0.474. The van der Waals surface area contributed by atoms with Gasteiger partial charge in [0.25, 0.3) is 0 Å². The lowest BCUT2D eigenvalue weighted by Gasteiger charge is -2.15. The topological polar surface area (TPSA) is 70.1 Å². The van der Waals surface area contributed by atoms with Gasteiger partial charge in [-0.05, 0) is 25.0 Å². The van der Waals surface area contributed by atoms with Crippen LogP contribution in [-0.4, -0.2) is 28.2 Å². The van der Waals surface area contributed by atoms with Gasteiger partial charge in [-0.3, -0.25) is 4.79 Å².